The molecular weight excluding hydrogens is 320 g/mol. The van der Waals surface area contributed by atoms with Gasteiger partial charge in [0, 0.05) is 12.4 Å². The largest absolute Gasteiger partial charge is 0.448 e. The van der Waals surface area contributed by atoms with Crippen LogP contribution in [0.5, 0.6) is 0 Å². The van der Waals surface area contributed by atoms with E-state index in [9.17, 15) is 14.9 Å². The third-order valence-corrected chi connectivity index (χ3v) is 4.51. The highest BCUT2D eigenvalue weighted by Gasteiger charge is 2.35. The van der Waals surface area contributed by atoms with Crippen LogP contribution in [0, 0.1) is 11.3 Å². The Morgan fingerprint density at radius 1 is 1.36 bits per heavy atom. The van der Waals surface area contributed by atoms with E-state index in [1.54, 1.807) is 22.9 Å². The molecule has 3 rings (SSSR count). The van der Waals surface area contributed by atoms with Gasteiger partial charge >= 0.3 is 5.97 Å². The molecule has 0 radical (unpaired) electrons. The number of ether oxygens (including phenoxy) is 1. The van der Waals surface area contributed by atoms with Gasteiger partial charge in [-0.25, -0.2) is 9.78 Å². The summed E-state index contributed by atoms with van der Waals surface area (Å²) in [5.41, 5.74) is -0.0882. The third kappa shape index (κ3) is 3.63. The molecule has 0 saturated heterocycles. The number of imidazole rings is 1. The number of amides is 1. The van der Waals surface area contributed by atoms with Gasteiger partial charge in [-0.3, -0.25) is 4.79 Å². The van der Waals surface area contributed by atoms with Crippen LogP contribution in [-0.2, 0) is 9.53 Å². The molecule has 0 aromatic carbocycles. The zero-order valence-corrected chi connectivity index (χ0v) is 14.1. The Morgan fingerprint density at radius 3 is 2.80 bits per heavy atom. The van der Waals surface area contributed by atoms with Gasteiger partial charge in [0.2, 0.25) is 0 Å². The average Bonchev–Trinajstić information content (AvgIpc) is 3.06. The first-order valence-electron chi connectivity index (χ1n) is 8.41. The van der Waals surface area contributed by atoms with Crippen LogP contribution >= 0.6 is 0 Å². The highest BCUT2D eigenvalue weighted by atomic mass is 16.5. The fraction of sp³-hybridized carbons (Fsp3) is 0.444. The molecule has 1 aliphatic rings. The van der Waals surface area contributed by atoms with E-state index in [4.69, 9.17) is 4.74 Å². The predicted molar refractivity (Wildman–Crippen MR) is 89.6 cm³/mol. The standard InChI is InChI=1S/C18H20N4O3/c1-13(16(23)21-18(12-19)8-4-2-5-9-18)25-17(24)14-11-22-10-6-3-7-15(22)20-14/h3,6-7,10-11,13H,2,4-5,8-9H2,1H3,(H,21,23)/t13-/m1/s1. The van der Waals surface area contributed by atoms with Crippen molar-refractivity contribution in [2.45, 2.75) is 50.7 Å². The maximum atomic E-state index is 12.3. The van der Waals surface area contributed by atoms with E-state index in [1.807, 2.05) is 12.1 Å². The molecule has 7 nitrogen and oxygen atoms in total. The van der Waals surface area contributed by atoms with E-state index in [0.29, 0.717) is 18.5 Å². The van der Waals surface area contributed by atoms with E-state index in [2.05, 4.69) is 16.4 Å². The first kappa shape index (κ1) is 17.0. The van der Waals surface area contributed by atoms with Crippen LogP contribution in [0.2, 0.25) is 0 Å². The lowest BCUT2D eigenvalue weighted by Crippen LogP contribution is -2.52. The van der Waals surface area contributed by atoms with Gasteiger partial charge in [0.15, 0.2) is 11.8 Å². The van der Waals surface area contributed by atoms with Crippen molar-refractivity contribution in [2.75, 3.05) is 0 Å². The Bertz CT molecular complexity index is 797. The molecule has 130 valence electrons. The minimum Gasteiger partial charge on any atom is -0.448 e. The summed E-state index contributed by atoms with van der Waals surface area (Å²) in [6, 6.07) is 7.63. The Morgan fingerprint density at radius 2 is 2.12 bits per heavy atom. The molecule has 1 atom stereocenters. The number of carbonyl (C=O) groups is 2. The number of nitrogens with zero attached hydrogens (tertiary/aromatic N) is 3. The lowest BCUT2D eigenvalue weighted by Gasteiger charge is -2.32. The lowest BCUT2D eigenvalue weighted by atomic mass is 9.83. The topological polar surface area (TPSA) is 96.5 Å². The molecule has 1 fully saturated rings. The molecule has 0 aliphatic heterocycles. The number of esters is 1. The number of nitrogens with one attached hydrogen (secondary N) is 1. The van der Waals surface area contributed by atoms with Crippen molar-refractivity contribution in [3.05, 3.63) is 36.3 Å². The summed E-state index contributed by atoms with van der Waals surface area (Å²) in [5.74, 6) is -1.12. The van der Waals surface area contributed by atoms with E-state index in [-0.39, 0.29) is 5.69 Å². The Hall–Kier alpha value is -2.88. The summed E-state index contributed by atoms with van der Waals surface area (Å²) in [4.78, 5) is 28.8. The van der Waals surface area contributed by atoms with Crippen LogP contribution in [0.1, 0.15) is 49.5 Å². The number of nitriles is 1. The zero-order chi connectivity index (χ0) is 17.9. The van der Waals surface area contributed by atoms with Gasteiger partial charge in [-0.05, 0) is 31.9 Å². The lowest BCUT2D eigenvalue weighted by molar-refractivity contribution is -0.130. The van der Waals surface area contributed by atoms with Gasteiger partial charge in [-0.2, -0.15) is 5.26 Å². The number of hydrogen-bond acceptors (Lipinski definition) is 5. The summed E-state index contributed by atoms with van der Waals surface area (Å²) in [5, 5.41) is 12.2. The maximum absolute atomic E-state index is 12.3. The third-order valence-electron chi connectivity index (χ3n) is 4.51. The molecule has 1 N–H and O–H groups in total. The average molecular weight is 340 g/mol. The summed E-state index contributed by atoms with van der Waals surface area (Å²) in [7, 11) is 0. The fourth-order valence-corrected chi connectivity index (χ4v) is 3.07. The van der Waals surface area contributed by atoms with Gasteiger partial charge in [0.05, 0.1) is 6.07 Å². The van der Waals surface area contributed by atoms with Gasteiger partial charge in [0.25, 0.3) is 5.91 Å². The second-order valence-corrected chi connectivity index (χ2v) is 6.38. The van der Waals surface area contributed by atoms with Crippen molar-refractivity contribution in [1.82, 2.24) is 14.7 Å². The summed E-state index contributed by atoms with van der Waals surface area (Å²) in [6.45, 7) is 1.50. The molecule has 0 bridgehead atoms. The molecule has 1 saturated carbocycles. The summed E-state index contributed by atoms with van der Waals surface area (Å²) >= 11 is 0. The Kier molecular flexibility index (Phi) is 4.70. The molecule has 2 aromatic rings. The minimum absolute atomic E-state index is 0.138. The van der Waals surface area contributed by atoms with Crippen LogP contribution in [0.25, 0.3) is 5.65 Å². The normalized spacial score (nSPS) is 17.4. The fourth-order valence-electron chi connectivity index (χ4n) is 3.07. The van der Waals surface area contributed by atoms with Crippen molar-refractivity contribution in [2.24, 2.45) is 0 Å². The van der Waals surface area contributed by atoms with Crippen molar-refractivity contribution >= 4 is 17.5 Å². The summed E-state index contributed by atoms with van der Waals surface area (Å²) < 4.78 is 6.92. The van der Waals surface area contributed by atoms with E-state index >= 15 is 0 Å². The van der Waals surface area contributed by atoms with Crippen molar-refractivity contribution < 1.29 is 14.3 Å². The molecular formula is C18H20N4O3. The first-order chi connectivity index (χ1) is 12.0. The second-order valence-electron chi connectivity index (χ2n) is 6.38. The predicted octanol–water partition coefficient (Wildman–Crippen LogP) is 2.22. The number of carbonyl (C=O) groups excluding carboxylic acids is 2. The van der Waals surface area contributed by atoms with Crippen LogP contribution in [0.4, 0.5) is 0 Å². The number of pyridine rings is 1. The SMILES string of the molecule is C[C@@H](OC(=O)c1cn2ccccc2n1)C(=O)NC1(C#N)CCCCC1. The zero-order valence-electron chi connectivity index (χ0n) is 14.1. The molecule has 2 heterocycles. The molecule has 1 amide bonds. The smallest absolute Gasteiger partial charge is 0.359 e. The monoisotopic (exact) mass is 340 g/mol. The number of aromatic nitrogens is 2. The number of fused-ring (bicyclic) bond motifs is 1. The van der Waals surface area contributed by atoms with E-state index < -0.39 is 23.5 Å². The van der Waals surface area contributed by atoms with Crippen LogP contribution in [0.3, 0.4) is 0 Å². The van der Waals surface area contributed by atoms with Crippen molar-refractivity contribution in [3.63, 3.8) is 0 Å². The van der Waals surface area contributed by atoms with Gasteiger partial charge in [-0.1, -0.05) is 25.3 Å². The van der Waals surface area contributed by atoms with Crippen molar-refractivity contribution in [1.29, 1.82) is 5.26 Å². The molecule has 25 heavy (non-hydrogen) atoms. The second kappa shape index (κ2) is 6.93. The molecule has 0 unspecified atom stereocenters. The molecule has 2 aromatic heterocycles. The molecule has 0 spiro atoms. The highest BCUT2D eigenvalue weighted by molar-refractivity contribution is 5.91. The van der Waals surface area contributed by atoms with E-state index in [0.717, 1.165) is 19.3 Å². The van der Waals surface area contributed by atoms with E-state index in [1.165, 1.54) is 6.92 Å². The van der Waals surface area contributed by atoms with Gasteiger partial charge in [0.1, 0.15) is 11.2 Å². The first-order valence-corrected chi connectivity index (χ1v) is 8.41. The maximum Gasteiger partial charge on any atom is 0.359 e. The molecule has 7 heteroatoms. The summed E-state index contributed by atoms with van der Waals surface area (Å²) in [6.07, 6.45) is 6.47. The Labute approximate surface area is 145 Å². The van der Waals surface area contributed by atoms with Gasteiger partial charge < -0.3 is 14.5 Å². The van der Waals surface area contributed by atoms with Crippen LogP contribution in [0.15, 0.2) is 30.6 Å². The van der Waals surface area contributed by atoms with Crippen LogP contribution < -0.4 is 5.32 Å². The quantitative estimate of drug-likeness (QED) is 0.861. The van der Waals surface area contributed by atoms with Gasteiger partial charge in [-0.15, -0.1) is 0 Å². The van der Waals surface area contributed by atoms with Crippen molar-refractivity contribution in [3.8, 4) is 6.07 Å². The van der Waals surface area contributed by atoms with Crippen LogP contribution in [-0.4, -0.2) is 32.9 Å². The Balaban J connectivity index is 1.64. The minimum atomic E-state index is -0.996. The highest BCUT2D eigenvalue weighted by Crippen LogP contribution is 2.27. The number of rotatable bonds is 4. The number of hydrogen-bond donors (Lipinski definition) is 1. The molecule has 1 aliphatic carbocycles.